The summed E-state index contributed by atoms with van der Waals surface area (Å²) in [7, 11) is 3.52. The highest BCUT2D eigenvalue weighted by atomic mass is 16.6. The van der Waals surface area contributed by atoms with Crippen LogP contribution >= 0.6 is 0 Å². The van der Waals surface area contributed by atoms with E-state index in [1.54, 1.807) is 42.2 Å². The maximum Gasteiger partial charge on any atom is 0.410 e. The van der Waals surface area contributed by atoms with Crippen molar-refractivity contribution < 1.29 is 19.1 Å². The quantitative estimate of drug-likeness (QED) is 0.494. The molecule has 1 atom stereocenters. The SMILES string of the molecule is CCCCOc1ccc(C(=O)N(C)c2ccc(N3CCC(N(C)C(=O)OC(C)(C)C)C3)nc2)cc1. The molecule has 0 N–H and O–H groups in total. The summed E-state index contributed by atoms with van der Waals surface area (Å²) in [6, 6.07) is 11.1. The van der Waals surface area contributed by atoms with E-state index in [-0.39, 0.29) is 18.0 Å². The molecule has 1 saturated heterocycles. The van der Waals surface area contributed by atoms with Crippen LogP contribution in [0.3, 0.4) is 0 Å². The Morgan fingerprint density at radius 3 is 2.43 bits per heavy atom. The van der Waals surface area contributed by atoms with Crippen LogP contribution in [0.15, 0.2) is 42.6 Å². The number of likely N-dealkylation sites (N-methyl/N-ethyl adjacent to an activating group) is 1. The van der Waals surface area contributed by atoms with Gasteiger partial charge >= 0.3 is 6.09 Å². The van der Waals surface area contributed by atoms with Crippen LogP contribution < -0.4 is 14.5 Å². The lowest BCUT2D eigenvalue weighted by atomic mass is 10.2. The molecule has 2 aromatic rings. The highest BCUT2D eigenvalue weighted by molar-refractivity contribution is 6.05. The van der Waals surface area contributed by atoms with Gasteiger partial charge in [0.15, 0.2) is 0 Å². The van der Waals surface area contributed by atoms with Crippen LogP contribution in [0.5, 0.6) is 5.75 Å². The number of carbonyl (C=O) groups excluding carboxylic acids is 2. The number of unbranched alkanes of at least 4 members (excludes halogenated alkanes) is 1. The molecule has 1 aromatic heterocycles. The van der Waals surface area contributed by atoms with Gasteiger partial charge in [0.1, 0.15) is 17.2 Å². The van der Waals surface area contributed by atoms with Crippen molar-refractivity contribution >= 4 is 23.5 Å². The Kier molecular flexibility index (Phi) is 8.59. The summed E-state index contributed by atoms with van der Waals surface area (Å²) in [6.07, 6.45) is 4.32. The topological polar surface area (TPSA) is 75.2 Å². The predicted molar refractivity (Wildman–Crippen MR) is 138 cm³/mol. The first kappa shape index (κ1) is 26.3. The van der Waals surface area contributed by atoms with Crippen molar-refractivity contribution in [2.24, 2.45) is 0 Å². The van der Waals surface area contributed by atoms with Gasteiger partial charge in [0, 0.05) is 32.7 Å². The molecule has 0 spiro atoms. The van der Waals surface area contributed by atoms with Gasteiger partial charge < -0.3 is 24.2 Å². The van der Waals surface area contributed by atoms with Crippen LogP contribution in [-0.2, 0) is 4.74 Å². The molecule has 1 fully saturated rings. The number of hydrogen-bond acceptors (Lipinski definition) is 6. The zero-order chi connectivity index (χ0) is 25.6. The molecule has 1 aromatic carbocycles. The van der Waals surface area contributed by atoms with E-state index in [4.69, 9.17) is 9.47 Å². The van der Waals surface area contributed by atoms with E-state index in [0.29, 0.717) is 24.4 Å². The molecule has 3 rings (SSSR count). The van der Waals surface area contributed by atoms with Gasteiger partial charge in [-0.25, -0.2) is 9.78 Å². The van der Waals surface area contributed by atoms with Crippen molar-refractivity contribution in [3.05, 3.63) is 48.2 Å². The molecule has 35 heavy (non-hydrogen) atoms. The van der Waals surface area contributed by atoms with E-state index in [9.17, 15) is 9.59 Å². The van der Waals surface area contributed by atoms with Crippen LogP contribution in [0.25, 0.3) is 0 Å². The highest BCUT2D eigenvalue weighted by Gasteiger charge is 2.31. The van der Waals surface area contributed by atoms with Crippen molar-refractivity contribution in [1.82, 2.24) is 9.88 Å². The number of aromatic nitrogens is 1. The van der Waals surface area contributed by atoms with Crippen LogP contribution in [0, 0.1) is 0 Å². The van der Waals surface area contributed by atoms with Crippen molar-refractivity contribution in [2.45, 2.75) is 58.6 Å². The summed E-state index contributed by atoms with van der Waals surface area (Å²) < 4.78 is 11.2. The largest absolute Gasteiger partial charge is 0.494 e. The smallest absolute Gasteiger partial charge is 0.410 e. The number of anilines is 2. The van der Waals surface area contributed by atoms with Crippen molar-refractivity contribution in [2.75, 3.05) is 43.6 Å². The molecule has 2 heterocycles. The zero-order valence-electron chi connectivity index (χ0n) is 21.8. The number of nitrogens with zero attached hydrogens (tertiary/aromatic N) is 4. The number of benzene rings is 1. The molecule has 1 unspecified atom stereocenters. The third-order valence-electron chi connectivity index (χ3n) is 6.01. The second kappa shape index (κ2) is 11.4. The van der Waals surface area contributed by atoms with Gasteiger partial charge in [0.25, 0.3) is 5.91 Å². The second-order valence-corrected chi connectivity index (χ2v) is 9.94. The third-order valence-corrected chi connectivity index (χ3v) is 6.01. The number of pyridine rings is 1. The molecule has 190 valence electrons. The fourth-order valence-electron chi connectivity index (χ4n) is 3.85. The van der Waals surface area contributed by atoms with Gasteiger partial charge in [0.05, 0.1) is 24.5 Å². The lowest BCUT2D eigenvalue weighted by Gasteiger charge is -2.28. The number of hydrogen-bond donors (Lipinski definition) is 0. The van der Waals surface area contributed by atoms with Crippen LogP contribution in [0.2, 0.25) is 0 Å². The molecule has 0 bridgehead atoms. The Labute approximate surface area is 208 Å². The first-order valence-corrected chi connectivity index (χ1v) is 12.3. The third kappa shape index (κ3) is 7.10. The molecule has 1 aliphatic rings. The van der Waals surface area contributed by atoms with Gasteiger partial charge in [-0.05, 0) is 70.0 Å². The first-order chi connectivity index (χ1) is 16.6. The second-order valence-electron chi connectivity index (χ2n) is 9.94. The minimum atomic E-state index is -0.519. The van der Waals surface area contributed by atoms with Crippen LogP contribution in [-0.4, -0.2) is 67.3 Å². The first-order valence-electron chi connectivity index (χ1n) is 12.3. The van der Waals surface area contributed by atoms with Gasteiger partial charge in [-0.15, -0.1) is 0 Å². The summed E-state index contributed by atoms with van der Waals surface area (Å²) >= 11 is 0. The molecule has 0 radical (unpaired) electrons. The van der Waals surface area contributed by atoms with E-state index in [0.717, 1.165) is 37.4 Å². The highest BCUT2D eigenvalue weighted by Crippen LogP contribution is 2.25. The Balaban J connectivity index is 1.57. The van der Waals surface area contributed by atoms with Gasteiger partial charge in [0.2, 0.25) is 0 Å². The maximum absolute atomic E-state index is 12.9. The van der Waals surface area contributed by atoms with E-state index in [1.165, 1.54) is 0 Å². The van der Waals surface area contributed by atoms with Crippen LogP contribution in [0.1, 0.15) is 57.3 Å². The van der Waals surface area contributed by atoms with E-state index in [1.807, 2.05) is 45.0 Å². The number of ether oxygens (including phenoxy) is 2. The summed E-state index contributed by atoms with van der Waals surface area (Å²) in [6.45, 7) is 9.88. The van der Waals surface area contributed by atoms with Crippen molar-refractivity contribution in [1.29, 1.82) is 0 Å². The molecule has 0 saturated carbocycles. The minimum absolute atomic E-state index is 0.0597. The molecule has 8 nitrogen and oxygen atoms in total. The monoisotopic (exact) mass is 482 g/mol. The Morgan fingerprint density at radius 1 is 1.11 bits per heavy atom. The molecule has 2 amide bonds. The Bertz CT molecular complexity index is 986. The van der Waals surface area contributed by atoms with Gasteiger partial charge in [-0.2, -0.15) is 0 Å². The van der Waals surface area contributed by atoms with Crippen LogP contribution in [0.4, 0.5) is 16.3 Å². The van der Waals surface area contributed by atoms with Gasteiger partial charge in [-0.3, -0.25) is 4.79 Å². The minimum Gasteiger partial charge on any atom is -0.494 e. The molecular weight excluding hydrogens is 444 g/mol. The number of amides is 2. The summed E-state index contributed by atoms with van der Waals surface area (Å²) in [5.74, 6) is 1.48. The summed E-state index contributed by atoms with van der Waals surface area (Å²) in [5.41, 5.74) is 0.783. The average molecular weight is 483 g/mol. The number of carbonyl (C=O) groups is 2. The standard InChI is InChI=1S/C27H38N4O4/c1-7-8-17-34-23-12-9-20(10-13-23)25(32)29(5)21-11-14-24(28-18-21)31-16-15-22(19-31)30(6)26(33)35-27(2,3)4/h9-14,18,22H,7-8,15-17,19H2,1-6H3. The number of rotatable bonds is 8. The maximum atomic E-state index is 12.9. The predicted octanol–water partition coefficient (Wildman–Crippen LogP) is 4.98. The zero-order valence-corrected chi connectivity index (χ0v) is 21.8. The molecule has 0 aliphatic carbocycles. The van der Waals surface area contributed by atoms with Crippen molar-refractivity contribution in [3.63, 3.8) is 0 Å². The van der Waals surface area contributed by atoms with E-state index in [2.05, 4.69) is 16.8 Å². The normalized spacial score (nSPS) is 15.6. The fourth-order valence-corrected chi connectivity index (χ4v) is 3.85. The molecule has 8 heteroatoms. The Morgan fingerprint density at radius 2 is 1.83 bits per heavy atom. The molecular formula is C27H38N4O4. The lowest BCUT2D eigenvalue weighted by molar-refractivity contribution is 0.0237. The average Bonchev–Trinajstić information content (AvgIpc) is 3.32. The fraction of sp³-hybridized carbons (Fsp3) is 0.519. The van der Waals surface area contributed by atoms with Gasteiger partial charge in [-0.1, -0.05) is 13.3 Å². The summed E-state index contributed by atoms with van der Waals surface area (Å²) in [5, 5.41) is 0. The van der Waals surface area contributed by atoms with E-state index < -0.39 is 5.60 Å². The van der Waals surface area contributed by atoms with E-state index >= 15 is 0 Å². The summed E-state index contributed by atoms with van der Waals surface area (Å²) in [4.78, 5) is 35.3. The molecule has 1 aliphatic heterocycles. The Hall–Kier alpha value is -3.29. The van der Waals surface area contributed by atoms with Crippen molar-refractivity contribution in [3.8, 4) is 5.75 Å². The lowest BCUT2D eigenvalue weighted by Crippen LogP contribution is -2.42.